The molecule has 0 saturated carbocycles. The summed E-state index contributed by atoms with van der Waals surface area (Å²) in [7, 11) is 0. The van der Waals surface area contributed by atoms with Crippen molar-refractivity contribution >= 4 is 11.9 Å². The molecular formula is C22H24O4. The van der Waals surface area contributed by atoms with E-state index in [1.54, 1.807) is 0 Å². The van der Waals surface area contributed by atoms with Crippen molar-refractivity contribution < 1.29 is 19.4 Å². The van der Waals surface area contributed by atoms with Gasteiger partial charge >= 0.3 is 11.9 Å². The molecular weight excluding hydrogens is 328 g/mol. The van der Waals surface area contributed by atoms with E-state index in [1.807, 2.05) is 60.7 Å². The Balaban J connectivity index is 0.000000260. The number of ether oxygens (including phenoxy) is 1. The summed E-state index contributed by atoms with van der Waals surface area (Å²) in [5.41, 5.74) is 2.58. The molecule has 0 heterocycles. The predicted octanol–water partition coefficient (Wildman–Crippen LogP) is 4.22. The second-order valence-corrected chi connectivity index (χ2v) is 5.50. The lowest BCUT2D eigenvalue weighted by Crippen LogP contribution is -2.04. The molecule has 4 heteroatoms. The topological polar surface area (TPSA) is 63.6 Å². The maximum Gasteiger partial charge on any atom is 0.330 e. The molecule has 0 atom stereocenters. The Bertz CT molecular complexity index is 703. The van der Waals surface area contributed by atoms with Gasteiger partial charge < -0.3 is 9.84 Å². The Morgan fingerprint density at radius 1 is 0.923 bits per heavy atom. The van der Waals surface area contributed by atoms with Crippen molar-refractivity contribution in [2.45, 2.75) is 19.3 Å². The van der Waals surface area contributed by atoms with Gasteiger partial charge in [-0.1, -0.05) is 73.8 Å². The summed E-state index contributed by atoms with van der Waals surface area (Å²) in [6, 6.07) is 19.7. The van der Waals surface area contributed by atoms with Gasteiger partial charge in [0.05, 0.1) is 6.61 Å². The number of esters is 1. The normalized spacial score (nSPS) is 9.38. The van der Waals surface area contributed by atoms with Gasteiger partial charge in [0.1, 0.15) is 0 Å². The number of carboxylic acid groups (broad SMARTS) is 1. The molecule has 2 rings (SSSR count). The maximum absolute atomic E-state index is 10.7. The van der Waals surface area contributed by atoms with Crippen LogP contribution in [0.15, 0.2) is 85.5 Å². The molecule has 0 spiro atoms. The highest BCUT2D eigenvalue weighted by Crippen LogP contribution is 2.07. The van der Waals surface area contributed by atoms with Crippen LogP contribution in [0.5, 0.6) is 0 Å². The molecule has 0 unspecified atom stereocenters. The van der Waals surface area contributed by atoms with Crippen molar-refractivity contribution in [2.75, 3.05) is 6.61 Å². The minimum absolute atomic E-state index is 0.267. The molecule has 4 nitrogen and oxygen atoms in total. The summed E-state index contributed by atoms with van der Waals surface area (Å²) in [6.45, 7) is 7.19. The van der Waals surface area contributed by atoms with Crippen LogP contribution in [-0.4, -0.2) is 23.7 Å². The lowest BCUT2D eigenvalue weighted by Gasteiger charge is -2.01. The number of rotatable bonds is 8. The van der Waals surface area contributed by atoms with Gasteiger partial charge in [-0.05, 0) is 24.0 Å². The molecule has 0 saturated heterocycles. The van der Waals surface area contributed by atoms with Gasteiger partial charge in [-0.25, -0.2) is 9.59 Å². The fourth-order valence-corrected chi connectivity index (χ4v) is 2.02. The molecule has 0 aliphatic rings. The molecule has 26 heavy (non-hydrogen) atoms. The van der Waals surface area contributed by atoms with Gasteiger partial charge in [0.15, 0.2) is 0 Å². The minimum atomic E-state index is -0.907. The highest BCUT2D eigenvalue weighted by Gasteiger charge is 2.03. The van der Waals surface area contributed by atoms with Gasteiger partial charge in [0.25, 0.3) is 0 Å². The third-order valence-electron chi connectivity index (χ3n) is 3.51. The fourth-order valence-electron chi connectivity index (χ4n) is 2.02. The van der Waals surface area contributed by atoms with E-state index >= 15 is 0 Å². The third kappa shape index (κ3) is 9.23. The Morgan fingerprint density at radius 3 is 1.88 bits per heavy atom. The van der Waals surface area contributed by atoms with Gasteiger partial charge in [0.2, 0.25) is 0 Å². The monoisotopic (exact) mass is 352 g/mol. The van der Waals surface area contributed by atoms with Crippen LogP contribution in [-0.2, 0) is 27.2 Å². The van der Waals surface area contributed by atoms with Gasteiger partial charge in [-0.2, -0.15) is 0 Å². The molecule has 0 aromatic heterocycles. The number of hydrogen-bond donors (Lipinski definition) is 1. The largest absolute Gasteiger partial charge is 0.478 e. The summed E-state index contributed by atoms with van der Waals surface area (Å²) in [4.78, 5) is 21.1. The number of benzene rings is 2. The van der Waals surface area contributed by atoms with Gasteiger partial charge in [-0.15, -0.1) is 0 Å². The number of carboxylic acids is 1. The first kappa shape index (κ1) is 20.9. The number of carbonyl (C=O) groups is 2. The zero-order valence-electron chi connectivity index (χ0n) is 14.8. The van der Waals surface area contributed by atoms with Crippen molar-refractivity contribution in [2.24, 2.45) is 0 Å². The number of aryl methyl sites for hydroxylation is 1. The number of hydrogen-bond acceptors (Lipinski definition) is 3. The van der Waals surface area contributed by atoms with Crippen LogP contribution in [0.25, 0.3) is 0 Å². The smallest absolute Gasteiger partial charge is 0.330 e. The summed E-state index contributed by atoms with van der Waals surface area (Å²) in [5, 5.41) is 8.56. The summed E-state index contributed by atoms with van der Waals surface area (Å²) >= 11 is 0. The van der Waals surface area contributed by atoms with E-state index in [9.17, 15) is 9.59 Å². The fraction of sp³-hybridized carbons (Fsp3) is 0.182. The van der Waals surface area contributed by atoms with Crippen LogP contribution >= 0.6 is 0 Å². The first-order valence-corrected chi connectivity index (χ1v) is 8.31. The van der Waals surface area contributed by atoms with Crippen molar-refractivity contribution in [1.82, 2.24) is 0 Å². The third-order valence-corrected chi connectivity index (χ3v) is 3.51. The van der Waals surface area contributed by atoms with E-state index in [0.29, 0.717) is 13.0 Å². The predicted molar refractivity (Wildman–Crippen MR) is 103 cm³/mol. The van der Waals surface area contributed by atoms with E-state index in [2.05, 4.69) is 13.2 Å². The molecule has 0 amide bonds. The van der Waals surface area contributed by atoms with E-state index in [0.717, 1.165) is 18.4 Å². The highest BCUT2D eigenvalue weighted by atomic mass is 16.5. The van der Waals surface area contributed by atoms with E-state index in [4.69, 9.17) is 9.84 Å². The van der Waals surface area contributed by atoms with Crippen molar-refractivity contribution in [3.63, 3.8) is 0 Å². The maximum atomic E-state index is 10.7. The van der Waals surface area contributed by atoms with E-state index in [-0.39, 0.29) is 11.5 Å². The zero-order valence-corrected chi connectivity index (χ0v) is 14.8. The lowest BCUT2D eigenvalue weighted by molar-refractivity contribution is -0.137. The van der Waals surface area contributed by atoms with Crippen molar-refractivity contribution in [3.8, 4) is 0 Å². The summed E-state index contributed by atoms with van der Waals surface area (Å²) < 4.78 is 4.84. The van der Waals surface area contributed by atoms with Crippen molar-refractivity contribution in [1.29, 1.82) is 0 Å². The first-order chi connectivity index (χ1) is 12.5. The van der Waals surface area contributed by atoms with Crippen LogP contribution in [0, 0.1) is 0 Å². The molecule has 0 aliphatic carbocycles. The Hall–Kier alpha value is -3.14. The quantitative estimate of drug-likeness (QED) is 0.571. The van der Waals surface area contributed by atoms with Crippen LogP contribution in [0.3, 0.4) is 0 Å². The molecule has 2 aromatic carbocycles. The lowest BCUT2D eigenvalue weighted by atomic mass is 10.1. The summed E-state index contributed by atoms with van der Waals surface area (Å²) in [5.74, 6) is -1.27. The van der Waals surface area contributed by atoms with Gasteiger partial charge in [-0.3, -0.25) is 0 Å². The number of carbonyl (C=O) groups excluding carboxylic acids is 1. The molecule has 1 N–H and O–H groups in total. The molecule has 0 aliphatic heterocycles. The highest BCUT2D eigenvalue weighted by molar-refractivity contribution is 5.85. The van der Waals surface area contributed by atoms with Crippen LogP contribution in [0.4, 0.5) is 0 Å². The Kier molecular flexibility index (Phi) is 9.85. The molecule has 0 bridgehead atoms. The van der Waals surface area contributed by atoms with E-state index in [1.165, 1.54) is 11.6 Å². The van der Waals surface area contributed by atoms with Gasteiger partial charge in [0, 0.05) is 18.1 Å². The minimum Gasteiger partial charge on any atom is -0.478 e. The number of aliphatic carboxylic acids is 1. The average molecular weight is 352 g/mol. The second-order valence-electron chi connectivity index (χ2n) is 5.50. The molecule has 0 radical (unpaired) electrons. The van der Waals surface area contributed by atoms with Crippen LogP contribution < -0.4 is 0 Å². The van der Waals surface area contributed by atoms with Crippen LogP contribution in [0.1, 0.15) is 17.5 Å². The Labute approximate surface area is 154 Å². The molecule has 0 fully saturated rings. The van der Waals surface area contributed by atoms with Crippen molar-refractivity contribution in [3.05, 3.63) is 96.6 Å². The SMILES string of the molecule is C=C(CCc1ccccc1)C(=O)O.C=CC(=O)OCCc1ccccc1. The summed E-state index contributed by atoms with van der Waals surface area (Å²) in [6.07, 6.45) is 3.18. The zero-order chi connectivity index (χ0) is 19.2. The average Bonchev–Trinajstić information content (AvgIpc) is 2.68. The first-order valence-electron chi connectivity index (χ1n) is 8.31. The molecule has 136 valence electrons. The Morgan fingerprint density at radius 2 is 1.42 bits per heavy atom. The second kappa shape index (κ2) is 12.3. The van der Waals surface area contributed by atoms with E-state index < -0.39 is 5.97 Å². The van der Waals surface area contributed by atoms with Crippen LogP contribution in [0.2, 0.25) is 0 Å². The molecule has 2 aromatic rings. The standard InChI is InChI=1S/2C11H12O2/c1-9(11(12)13)7-8-10-5-3-2-4-6-10;1-2-11(12)13-9-8-10-6-4-3-5-7-10/h2-6H,1,7-8H2,(H,12,13);2-7H,1,8-9H2.